The number of amides is 2. The van der Waals surface area contributed by atoms with Crippen molar-refractivity contribution in [3.63, 3.8) is 0 Å². The monoisotopic (exact) mass is 549 g/mol. The number of ether oxygens (including phenoxy) is 1. The number of aliphatic hydroxyl groups excluding tert-OH is 1. The van der Waals surface area contributed by atoms with Crippen LogP contribution in [0.2, 0.25) is 0 Å². The van der Waals surface area contributed by atoms with Crippen molar-refractivity contribution in [1.82, 2.24) is 15.6 Å². The molecule has 0 saturated heterocycles. The molecule has 4 rings (SSSR count). The Kier molecular flexibility index (Phi) is 10.5. The Morgan fingerprint density at radius 3 is 2.65 bits per heavy atom. The molecule has 0 radical (unpaired) electrons. The van der Waals surface area contributed by atoms with Crippen LogP contribution in [-0.2, 0) is 32.0 Å². The second-order valence-electron chi connectivity index (χ2n) is 10.2. The lowest BCUT2D eigenvalue weighted by atomic mass is 9.94. The fourth-order valence-corrected chi connectivity index (χ4v) is 5.00. The number of aromatic amines is 1. The molecule has 1 aliphatic rings. The molecule has 2 amide bonds. The zero-order valence-electron chi connectivity index (χ0n) is 22.4. The predicted molar refractivity (Wildman–Crippen MR) is 150 cm³/mol. The molecule has 0 saturated carbocycles. The summed E-state index contributed by atoms with van der Waals surface area (Å²) in [7, 11) is 0. The standard InChI is InChI=1S/C31H36FN3O5/c32-25-12-10-21(11-13-25)16-23-7-3-1-2-6-22(18-29(37)33-14-15-36)30(38)35-26(20-40-31(23)39)17-24-19-34-28-9-5-4-8-27(24)28/h1-2,4-5,8-13,19,22-23,26,34,36H,3,6-7,14-18,20H2,(H,33,37)(H,35,38). The van der Waals surface area contributed by atoms with Gasteiger partial charge in [0.05, 0.1) is 24.5 Å². The summed E-state index contributed by atoms with van der Waals surface area (Å²) in [6, 6.07) is 13.4. The SMILES string of the molecule is O=C(CC1CC=CCCC(Cc2ccc(F)cc2)C(=O)OCC(Cc2c[nH]c3ccccc23)NC1=O)NCCO. The van der Waals surface area contributed by atoms with Crippen molar-refractivity contribution in [2.75, 3.05) is 19.8 Å². The molecule has 1 aromatic heterocycles. The second-order valence-corrected chi connectivity index (χ2v) is 10.2. The minimum atomic E-state index is -0.619. The Balaban J connectivity index is 1.55. The number of aromatic nitrogens is 1. The summed E-state index contributed by atoms with van der Waals surface area (Å²) in [6.07, 6.45) is 7.96. The number of carbonyl (C=O) groups excluding carboxylic acids is 3. The molecule has 4 N–H and O–H groups in total. The molecule has 3 atom stereocenters. The van der Waals surface area contributed by atoms with E-state index in [4.69, 9.17) is 9.84 Å². The third-order valence-electron chi connectivity index (χ3n) is 7.15. The summed E-state index contributed by atoms with van der Waals surface area (Å²) < 4.78 is 19.2. The quantitative estimate of drug-likeness (QED) is 0.253. The first-order valence-corrected chi connectivity index (χ1v) is 13.7. The lowest BCUT2D eigenvalue weighted by Gasteiger charge is -2.23. The predicted octanol–water partition coefficient (Wildman–Crippen LogP) is 3.59. The van der Waals surface area contributed by atoms with Gasteiger partial charge in [-0.05, 0) is 61.4 Å². The lowest BCUT2D eigenvalue weighted by Crippen LogP contribution is -2.44. The van der Waals surface area contributed by atoms with Gasteiger partial charge >= 0.3 is 5.97 Å². The van der Waals surface area contributed by atoms with Crippen LogP contribution in [0.25, 0.3) is 10.9 Å². The molecule has 8 nitrogen and oxygen atoms in total. The Hall–Kier alpha value is -3.98. The molecule has 2 aromatic carbocycles. The van der Waals surface area contributed by atoms with E-state index in [0.717, 1.165) is 22.0 Å². The number of esters is 1. The molecule has 0 spiro atoms. The van der Waals surface area contributed by atoms with Gasteiger partial charge in [0.15, 0.2) is 0 Å². The van der Waals surface area contributed by atoms with Crippen LogP contribution in [0.4, 0.5) is 4.39 Å². The molecule has 9 heteroatoms. The second kappa shape index (κ2) is 14.4. The molecule has 212 valence electrons. The van der Waals surface area contributed by atoms with Gasteiger partial charge < -0.3 is 25.5 Å². The molecule has 40 heavy (non-hydrogen) atoms. The van der Waals surface area contributed by atoms with Crippen LogP contribution in [-0.4, -0.2) is 53.7 Å². The summed E-state index contributed by atoms with van der Waals surface area (Å²) in [5.74, 6) is -2.36. The lowest BCUT2D eigenvalue weighted by molar-refractivity contribution is -0.150. The van der Waals surface area contributed by atoms with E-state index in [1.54, 1.807) is 12.1 Å². The number of fused-ring (bicyclic) bond motifs is 1. The number of hydrogen-bond acceptors (Lipinski definition) is 5. The zero-order chi connectivity index (χ0) is 28.3. The van der Waals surface area contributed by atoms with Crippen molar-refractivity contribution in [2.45, 2.75) is 44.6 Å². The average molecular weight is 550 g/mol. The van der Waals surface area contributed by atoms with Gasteiger partial charge in [0.25, 0.3) is 0 Å². The van der Waals surface area contributed by atoms with Crippen molar-refractivity contribution in [3.05, 3.63) is 83.8 Å². The number of halogens is 1. The number of carbonyl (C=O) groups is 3. The molecule has 0 bridgehead atoms. The largest absolute Gasteiger partial charge is 0.463 e. The maximum Gasteiger partial charge on any atom is 0.309 e. The first-order chi connectivity index (χ1) is 19.4. The number of para-hydroxylation sites is 1. The van der Waals surface area contributed by atoms with Gasteiger partial charge in [0.1, 0.15) is 12.4 Å². The minimum absolute atomic E-state index is 0.0248. The smallest absolute Gasteiger partial charge is 0.309 e. The highest BCUT2D eigenvalue weighted by Crippen LogP contribution is 2.22. The summed E-state index contributed by atoms with van der Waals surface area (Å²) in [5, 5.41) is 15.7. The van der Waals surface area contributed by atoms with E-state index < -0.39 is 17.9 Å². The van der Waals surface area contributed by atoms with E-state index in [1.165, 1.54) is 12.1 Å². The number of nitrogens with one attached hydrogen (secondary N) is 3. The number of allylic oxidation sites excluding steroid dienone is 2. The van der Waals surface area contributed by atoms with Gasteiger partial charge in [-0.1, -0.05) is 42.5 Å². The molecule has 2 heterocycles. The summed E-state index contributed by atoms with van der Waals surface area (Å²) in [6.45, 7) is -0.0852. The third-order valence-corrected chi connectivity index (χ3v) is 7.15. The van der Waals surface area contributed by atoms with E-state index in [1.807, 2.05) is 42.6 Å². The van der Waals surface area contributed by atoms with E-state index in [9.17, 15) is 18.8 Å². The van der Waals surface area contributed by atoms with E-state index in [2.05, 4.69) is 15.6 Å². The van der Waals surface area contributed by atoms with Crippen molar-refractivity contribution in [2.24, 2.45) is 11.8 Å². The highest BCUT2D eigenvalue weighted by molar-refractivity contribution is 5.86. The van der Waals surface area contributed by atoms with E-state index in [0.29, 0.717) is 32.1 Å². The van der Waals surface area contributed by atoms with Crippen LogP contribution in [0.5, 0.6) is 0 Å². The topological polar surface area (TPSA) is 121 Å². The Bertz CT molecular complexity index is 1320. The van der Waals surface area contributed by atoms with Gasteiger partial charge in [-0.15, -0.1) is 0 Å². The molecule has 3 aromatic rings. The van der Waals surface area contributed by atoms with Gasteiger partial charge in [-0.2, -0.15) is 0 Å². The van der Waals surface area contributed by atoms with Crippen molar-refractivity contribution < 1.29 is 28.6 Å². The van der Waals surface area contributed by atoms with E-state index >= 15 is 0 Å². The number of hydrogen-bond donors (Lipinski definition) is 4. The van der Waals surface area contributed by atoms with Crippen molar-refractivity contribution in [3.8, 4) is 0 Å². The van der Waals surface area contributed by atoms with E-state index in [-0.39, 0.29) is 49.8 Å². The number of cyclic esters (lactones) is 1. The van der Waals surface area contributed by atoms with Crippen LogP contribution in [0.15, 0.2) is 66.9 Å². The van der Waals surface area contributed by atoms with Crippen LogP contribution in [0.1, 0.15) is 36.8 Å². The Morgan fingerprint density at radius 1 is 1.05 bits per heavy atom. The van der Waals surface area contributed by atoms with Crippen LogP contribution >= 0.6 is 0 Å². The zero-order valence-corrected chi connectivity index (χ0v) is 22.4. The number of rotatable bonds is 8. The minimum Gasteiger partial charge on any atom is -0.463 e. The molecular weight excluding hydrogens is 513 g/mol. The molecule has 0 aliphatic carbocycles. The maximum absolute atomic E-state index is 13.4. The van der Waals surface area contributed by atoms with Gasteiger partial charge in [-0.25, -0.2) is 4.39 Å². The normalized spacial score (nSPS) is 20.6. The third kappa shape index (κ3) is 8.26. The Labute approximate surface area is 233 Å². The Morgan fingerprint density at radius 2 is 1.85 bits per heavy atom. The molecule has 1 aliphatic heterocycles. The fraction of sp³-hybridized carbons (Fsp3) is 0.387. The molecule has 0 fully saturated rings. The fourth-order valence-electron chi connectivity index (χ4n) is 5.00. The average Bonchev–Trinajstić information content (AvgIpc) is 3.36. The maximum atomic E-state index is 13.4. The van der Waals surface area contributed by atoms with Gasteiger partial charge in [-0.3, -0.25) is 14.4 Å². The van der Waals surface area contributed by atoms with Crippen molar-refractivity contribution >= 4 is 28.7 Å². The van der Waals surface area contributed by atoms with Crippen molar-refractivity contribution in [1.29, 1.82) is 0 Å². The summed E-state index contributed by atoms with van der Waals surface area (Å²) in [4.78, 5) is 42.2. The number of benzene rings is 2. The first kappa shape index (κ1) is 29.0. The van der Waals surface area contributed by atoms with Crippen LogP contribution in [0, 0.1) is 17.7 Å². The molecular formula is C31H36FN3O5. The van der Waals surface area contributed by atoms with Gasteiger partial charge in [0.2, 0.25) is 11.8 Å². The highest BCUT2D eigenvalue weighted by Gasteiger charge is 2.27. The number of aliphatic hydroxyl groups is 1. The van der Waals surface area contributed by atoms with Crippen LogP contribution < -0.4 is 10.6 Å². The number of H-pyrrole nitrogens is 1. The summed E-state index contributed by atoms with van der Waals surface area (Å²) in [5.41, 5.74) is 2.78. The molecule has 3 unspecified atom stereocenters. The van der Waals surface area contributed by atoms with Crippen LogP contribution in [0.3, 0.4) is 0 Å². The summed E-state index contributed by atoms with van der Waals surface area (Å²) >= 11 is 0. The first-order valence-electron chi connectivity index (χ1n) is 13.7. The van der Waals surface area contributed by atoms with Gasteiger partial charge in [0, 0.05) is 30.1 Å². The highest BCUT2D eigenvalue weighted by atomic mass is 19.1.